The number of nitrogens with one attached hydrogen (secondary N) is 2. The van der Waals surface area contributed by atoms with Crippen LogP contribution in [0.4, 0.5) is 11.8 Å². The standard InChI is InChI=1S/C12H23N5/c1-4-5-6-7-13-12-16-11(9-15-17-12)14-8-10(2)3/h9-10H,4-8H2,1-3H3,(H2,13,14,16,17). The fraction of sp³-hybridized carbons (Fsp3) is 0.750. The molecule has 0 aromatic carbocycles. The molecule has 0 unspecified atom stereocenters. The molecule has 0 radical (unpaired) electrons. The molecule has 0 fully saturated rings. The van der Waals surface area contributed by atoms with Gasteiger partial charge in [0.05, 0.1) is 6.20 Å². The molecule has 5 heteroatoms. The lowest BCUT2D eigenvalue weighted by Crippen LogP contribution is -2.12. The molecule has 0 saturated carbocycles. The van der Waals surface area contributed by atoms with Crippen LogP contribution >= 0.6 is 0 Å². The van der Waals surface area contributed by atoms with Crippen molar-refractivity contribution in [1.29, 1.82) is 0 Å². The Balaban J connectivity index is 2.37. The third-order valence-corrected chi connectivity index (χ3v) is 2.31. The van der Waals surface area contributed by atoms with E-state index in [1.165, 1.54) is 12.8 Å². The third kappa shape index (κ3) is 6.04. The first kappa shape index (κ1) is 13.7. The van der Waals surface area contributed by atoms with Crippen molar-refractivity contribution in [1.82, 2.24) is 15.2 Å². The summed E-state index contributed by atoms with van der Waals surface area (Å²) in [6.45, 7) is 8.31. The Morgan fingerprint density at radius 1 is 1.24 bits per heavy atom. The second-order valence-electron chi connectivity index (χ2n) is 4.57. The molecule has 96 valence electrons. The minimum absolute atomic E-state index is 0.589. The van der Waals surface area contributed by atoms with E-state index in [2.05, 4.69) is 46.6 Å². The normalized spacial score (nSPS) is 10.6. The van der Waals surface area contributed by atoms with Crippen LogP contribution in [0.15, 0.2) is 6.20 Å². The smallest absolute Gasteiger partial charge is 0.244 e. The molecule has 1 heterocycles. The van der Waals surface area contributed by atoms with Gasteiger partial charge in [-0.15, -0.1) is 5.10 Å². The van der Waals surface area contributed by atoms with Gasteiger partial charge in [0, 0.05) is 13.1 Å². The van der Waals surface area contributed by atoms with Crippen LogP contribution in [0.25, 0.3) is 0 Å². The van der Waals surface area contributed by atoms with E-state index in [0.717, 1.165) is 25.3 Å². The number of hydrogen-bond donors (Lipinski definition) is 2. The van der Waals surface area contributed by atoms with Crippen molar-refractivity contribution in [3.05, 3.63) is 6.20 Å². The summed E-state index contributed by atoms with van der Waals surface area (Å²) in [5.74, 6) is 1.98. The lowest BCUT2D eigenvalue weighted by Gasteiger charge is -2.08. The van der Waals surface area contributed by atoms with Crippen LogP contribution in [-0.4, -0.2) is 28.3 Å². The molecular formula is C12H23N5. The third-order valence-electron chi connectivity index (χ3n) is 2.31. The van der Waals surface area contributed by atoms with Gasteiger partial charge in [-0.2, -0.15) is 10.1 Å². The fourth-order valence-electron chi connectivity index (χ4n) is 1.35. The van der Waals surface area contributed by atoms with E-state index < -0.39 is 0 Å². The number of hydrogen-bond acceptors (Lipinski definition) is 5. The van der Waals surface area contributed by atoms with Crippen molar-refractivity contribution < 1.29 is 0 Å². The average Bonchev–Trinajstić information content (AvgIpc) is 2.33. The molecule has 0 aliphatic carbocycles. The fourth-order valence-corrected chi connectivity index (χ4v) is 1.35. The highest BCUT2D eigenvalue weighted by Crippen LogP contribution is 2.05. The Labute approximate surface area is 103 Å². The van der Waals surface area contributed by atoms with E-state index >= 15 is 0 Å². The maximum Gasteiger partial charge on any atom is 0.244 e. The average molecular weight is 237 g/mol. The summed E-state index contributed by atoms with van der Waals surface area (Å²) in [6.07, 6.45) is 5.24. The molecule has 2 N–H and O–H groups in total. The topological polar surface area (TPSA) is 62.7 Å². The molecule has 0 aliphatic heterocycles. The molecular weight excluding hydrogens is 214 g/mol. The summed E-state index contributed by atoms with van der Waals surface area (Å²) in [6, 6.07) is 0. The molecule has 0 amide bonds. The van der Waals surface area contributed by atoms with E-state index in [4.69, 9.17) is 0 Å². The Morgan fingerprint density at radius 3 is 2.76 bits per heavy atom. The molecule has 17 heavy (non-hydrogen) atoms. The van der Waals surface area contributed by atoms with Gasteiger partial charge in [0.1, 0.15) is 0 Å². The second kappa shape index (κ2) is 7.81. The van der Waals surface area contributed by atoms with E-state index in [0.29, 0.717) is 11.9 Å². The monoisotopic (exact) mass is 237 g/mol. The molecule has 5 nitrogen and oxygen atoms in total. The molecule has 1 rings (SSSR count). The predicted octanol–water partition coefficient (Wildman–Crippen LogP) is 2.54. The number of aromatic nitrogens is 3. The summed E-state index contributed by atoms with van der Waals surface area (Å²) in [5, 5.41) is 14.3. The quantitative estimate of drug-likeness (QED) is 0.680. The van der Waals surface area contributed by atoms with Crippen molar-refractivity contribution in [3.63, 3.8) is 0 Å². The van der Waals surface area contributed by atoms with Gasteiger partial charge in [0.2, 0.25) is 5.95 Å². The molecule has 1 aromatic heterocycles. The van der Waals surface area contributed by atoms with Gasteiger partial charge in [-0.25, -0.2) is 0 Å². The van der Waals surface area contributed by atoms with Crippen molar-refractivity contribution in [3.8, 4) is 0 Å². The first-order valence-electron chi connectivity index (χ1n) is 6.39. The first-order valence-corrected chi connectivity index (χ1v) is 6.39. The maximum atomic E-state index is 4.35. The Hall–Kier alpha value is -1.39. The van der Waals surface area contributed by atoms with E-state index in [1.54, 1.807) is 6.20 Å². The van der Waals surface area contributed by atoms with Crippen molar-refractivity contribution in [2.75, 3.05) is 23.7 Å². The van der Waals surface area contributed by atoms with Crippen LogP contribution in [0.3, 0.4) is 0 Å². The Bertz CT molecular complexity index is 314. The van der Waals surface area contributed by atoms with E-state index in [9.17, 15) is 0 Å². The minimum Gasteiger partial charge on any atom is -0.368 e. The second-order valence-corrected chi connectivity index (χ2v) is 4.57. The van der Waals surface area contributed by atoms with Crippen LogP contribution in [0.5, 0.6) is 0 Å². The van der Waals surface area contributed by atoms with Gasteiger partial charge in [-0.05, 0) is 12.3 Å². The van der Waals surface area contributed by atoms with Crippen LogP contribution in [0.2, 0.25) is 0 Å². The van der Waals surface area contributed by atoms with Gasteiger partial charge in [-0.1, -0.05) is 33.6 Å². The van der Waals surface area contributed by atoms with E-state index in [-0.39, 0.29) is 0 Å². The zero-order chi connectivity index (χ0) is 12.5. The first-order chi connectivity index (χ1) is 8.22. The highest BCUT2D eigenvalue weighted by atomic mass is 15.3. The lowest BCUT2D eigenvalue weighted by molar-refractivity contribution is 0.685. The van der Waals surface area contributed by atoms with Gasteiger partial charge in [0.15, 0.2) is 5.82 Å². The minimum atomic E-state index is 0.589. The number of unbranched alkanes of at least 4 members (excludes halogenated alkanes) is 2. The van der Waals surface area contributed by atoms with Crippen LogP contribution in [-0.2, 0) is 0 Å². The zero-order valence-corrected chi connectivity index (χ0v) is 11.0. The number of anilines is 2. The maximum absolute atomic E-state index is 4.35. The summed E-state index contributed by atoms with van der Waals surface area (Å²) in [7, 11) is 0. The van der Waals surface area contributed by atoms with Crippen molar-refractivity contribution in [2.24, 2.45) is 5.92 Å². The number of nitrogens with zero attached hydrogens (tertiary/aromatic N) is 3. The largest absolute Gasteiger partial charge is 0.368 e. The molecule has 1 aromatic rings. The molecule has 0 saturated heterocycles. The van der Waals surface area contributed by atoms with Gasteiger partial charge >= 0.3 is 0 Å². The highest BCUT2D eigenvalue weighted by molar-refractivity contribution is 5.36. The summed E-state index contributed by atoms with van der Waals surface area (Å²) < 4.78 is 0. The zero-order valence-electron chi connectivity index (χ0n) is 11.0. The Morgan fingerprint density at radius 2 is 2.06 bits per heavy atom. The van der Waals surface area contributed by atoms with Gasteiger partial charge in [0.25, 0.3) is 0 Å². The summed E-state index contributed by atoms with van der Waals surface area (Å²) in [5.41, 5.74) is 0. The summed E-state index contributed by atoms with van der Waals surface area (Å²) >= 11 is 0. The Kier molecular flexibility index (Phi) is 6.29. The van der Waals surface area contributed by atoms with Crippen molar-refractivity contribution in [2.45, 2.75) is 40.0 Å². The number of rotatable bonds is 8. The van der Waals surface area contributed by atoms with Crippen molar-refractivity contribution >= 4 is 11.8 Å². The lowest BCUT2D eigenvalue weighted by atomic mass is 10.2. The molecule has 0 spiro atoms. The van der Waals surface area contributed by atoms with Gasteiger partial charge < -0.3 is 10.6 Å². The van der Waals surface area contributed by atoms with Gasteiger partial charge in [-0.3, -0.25) is 0 Å². The van der Waals surface area contributed by atoms with E-state index in [1.807, 2.05) is 0 Å². The highest BCUT2D eigenvalue weighted by Gasteiger charge is 2.00. The predicted molar refractivity (Wildman–Crippen MR) is 71.2 cm³/mol. The molecule has 0 bridgehead atoms. The summed E-state index contributed by atoms with van der Waals surface area (Å²) in [4.78, 5) is 4.35. The molecule has 0 aliphatic rings. The molecule has 0 atom stereocenters. The SMILES string of the molecule is CCCCCNc1nncc(NCC(C)C)n1. The van der Waals surface area contributed by atoms with Crippen LogP contribution in [0.1, 0.15) is 40.0 Å². The van der Waals surface area contributed by atoms with Crippen LogP contribution < -0.4 is 10.6 Å². The van der Waals surface area contributed by atoms with Crippen LogP contribution in [0, 0.1) is 5.92 Å².